The van der Waals surface area contributed by atoms with Crippen molar-refractivity contribution in [2.45, 2.75) is 26.7 Å². The van der Waals surface area contributed by atoms with Crippen molar-refractivity contribution >= 4 is 11.9 Å². The van der Waals surface area contributed by atoms with Crippen molar-refractivity contribution in [3.05, 3.63) is 0 Å². The lowest BCUT2D eigenvalue weighted by Gasteiger charge is -2.32. The van der Waals surface area contributed by atoms with Crippen molar-refractivity contribution in [3.8, 4) is 0 Å². The first kappa shape index (κ1) is 14.0. The van der Waals surface area contributed by atoms with Gasteiger partial charge in [0.15, 0.2) is 0 Å². The molecule has 1 rings (SSSR count). The summed E-state index contributed by atoms with van der Waals surface area (Å²) < 4.78 is 0. The lowest BCUT2D eigenvalue weighted by molar-refractivity contribution is -0.141. The number of amides is 1. The molecule has 2 N–H and O–H groups in total. The number of nitrogens with zero attached hydrogens (tertiary/aromatic N) is 1. The van der Waals surface area contributed by atoms with Gasteiger partial charge in [-0.25, -0.2) is 0 Å². The molecule has 1 saturated heterocycles. The molecule has 17 heavy (non-hydrogen) atoms. The highest BCUT2D eigenvalue weighted by molar-refractivity contribution is 5.72. The molecular formula is C12H22N2O3. The number of aliphatic carboxylic acids is 1. The molecule has 0 aliphatic carbocycles. The average molecular weight is 242 g/mol. The molecule has 0 bridgehead atoms. The van der Waals surface area contributed by atoms with E-state index in [2.05, 4.69) is 10.2 Å². The van der Waals surface area contributed by atoms with Crippen LogP contribution in [0.3, 0.4) is 0 Å². The smallest absolute Gasteiger partial charge is 0.307 e. The third-order valence-corrected chi connectivity index (χ3v) is 3.30. The number of carboxylic acid groups (broad SMARTS) is 1. The van der Waals surface area contributed by atoms with Gasteiger partial charge in [0.25, 0.3) is 0 Å². The van der Waals surface area contributed by atoms with Crippen LogP contribution in [0.1, 0.15) is 26.7 Å². The van der Waals surface area contributed by atoms with Gasteiger partial charge >= 0.3 is 5.97 Å². The van der Waals surface area contributed by atoms with E-state index in [1.807, 2.05) is 0 Å². The van der Waals surface area contributed by atoms with Crippen molar-refractivity contribution in [2.75, 3.05) is 26.2 Å². The molecular weight excluding hydrogens is 220 g/mol. The van der Waals surface area contributed by atoms with E-state index in [1.165, 1.54) is 6.92 Å². The van der Waals surface area contributed by atoms with Crippen LogP contribution in [0, 0.1) is 11.8 Å². The molecule has 1 fully saturated rings. The first-order chi connectivity index (χ1) is 7.99. The molecule has 0 aromatic heterocycles. The van der Waals surface area contributed by atoms with Crippen LogP contribution < -0.4 is 5.32 Å². The highest BCUT2D eigenvalue weighted by atomic mass is 16.4. The maximum Gasteiger partial charge on any atom is 0.307 e. The van der Waals surface area contributed by atoms with E-state index in [9.17, 15) is 9.59 Å². The Bertz CT molecular complexity index is 273. The first-order valence-electron chi connectivity index (χ1n) is 6.18. The van der Waals surface area contributed by atoms with Gasteiger partial charge in [-0.15, -0.1) is 0 Å². The Labute approximate surface area is 102 Å². The summed E-state index contributed by atoms with van der Waals surface area (Å²) in [6.45, 7) is 6.51. The van der Waals surface area contributed by atoms with Crippen molar-refractivity contribution in [1.29, 1.82) is 0 Å². The Hall–Kier alpha value is -1.10. The number of rotatable bonds is 5. The minimum absolute atomic E-state index is 0.0203. The number of carboxylic acids is 1. The molecule has 0 saturated carbocycles. The van der Waals surface area contributed by atoms with Crippen molar-refractivity contribution in [3.63, 3.8) is 0 Å². The van der Waals surface area contributed by atoms with E-state index in [4.69, 9.17) is 5.11 Å². The molecule has 1 unspecified atom stereocenters. The summed E-state index contributed by atoms with van der Waals surface area (Å²) in [4.78, 5) is 23.7. The van der Waals surface area contributed by atoms with Gasteiger partial charge in [-0.05, 0) is 31.8 Å². The van der Waals surface area contributed by atoms with Crippen LogP contribution in [0.5, 0.6) is 0 Å². The van der Waals surface area contributed by atoms with Crippen LogP contribution in [0.25, 0.3) is 0 Å². The molecule has 5 nitrogen and oxygen atoms in total. The monoisotopic (exact) mass is 242 g/mol. The molecule has 1 amide bonds. The predicted molar refractivity (Wildman–Crippen MR) is 64.6 cm³/mol. The van der Waals surface area contributed by atoms with Gasteiger partial charge in [0.05, 0.1) is 5.92 Å². The van der Waals surface area contributed by atoms with Gasteiger partial charge in [0.2, 0.25) is 5.91 Å². The minimum atomic E-state index is -0.731. The maximum absolute atomic E-state index is 10.8. The molecule has 0 spiro atoms. The molecule has 0 radical (unpaired) electrons. The second kappa shape index (κ2) is 6.59. The fraction of sp³-hybridized carbons (Fsp3) is 0.833. The zero-order valence-electron chi connectivity index (χ0n) is 10.6. The normalized spacial score (nSPS) is 19.9. The van der Waals surface area contributed by atoms with Crippen LogP contribution in [0.2, 0.25) is 0 Å². The number of hydrogen-bond donors (Lipinski definition) is 2. The van der Waals surface area contributed by atoms with E-state index >= 15 is 0 Å². The van der Waals surface area contributed by atoms with Crippen LogP contribution in [-0.2, 0) is 9.59 Å². The number of piperidine rings is 1. The molecule has 1 aliphatic heterocycles. The maximum atomic E-state index is 10.8. The largest absolute Gasteiger partial charge is 0.481 e. The minimum Gasteiger partial charge on any atom is -0.481 e. The van der Waals surface area contributed by atoms with Gasteiger partial charge in [0, 0.05) is 20.0 Å². The van der Waals surface area contributed by atoms with Gasteiger partial charge in [-0.2, -0.15) is 0 Å². The predicted octanol–water partition coefficient (Wildman–Crippen LogP) is 0.555. The Balaban J connectivity index is 2.21. The topological polar surface area (TPSA) is 69.6 Å². The van der Waals surface area contributed by atoms with Crippen LogP contribution >= 0.6 is 0 Å². The van der Waals surface area contributed by atoms with Crippen molar-refractivity contribution in [2.24, 2.45) is 11.8 Å². The molecule has 0 aromatic carbocycles. The number of carbonyl (C=O) groups is 2. The Kier molecular flexibility index (Phi) is 5.41. The summed E-state index contributed by atoms with van der Waals surface area (Å²) >= 11 is 0. The quantitative estimate of drug-likeness (QED) is 0.739. The van der Waals surface area contributed by atoms with E-state index in [-0.39, 0.29) is 11.8 Å². The van der Waals surface area contributed by atoms with Gasteiger partial charge in [-0.1, -0.05) is 6.92 Å². The van der Waals surface area contributed by atoms with Gasteiger partial charge < -0.3 is 15.3 Å². The summed E-state index contributed by atoms with van der Waals surface area (Å²) in [5, 5.41) is 11.7. The lowest BCUT2D eigenvalue weighted by Crippen LogP contribution is -2.41. The average Bonchev–Trinajstić information content (AvgIpc) is 2.28. The second-order valence-corrected chi connectivity index (χ2v) is 4.92. The summed E-state index contributed by atoms with van der Waals surface area (Å²) in [5.41, 5.74) is 0. The zero-order valence-corrected chi connectivity index (χ0v) is 10.6. The number of hydrogen-bond acceptors (Lipinski definition) is 3. The summed E-state index contributed by atoms with van der Waals surface area (Å²) in [5.74, 6) is -0.477. The van der Waals surface area contributed by atoms with Crippen LogP contribution in [0.4, 0.5) is 0 Å². The van der Waals surface area contributed by atoms with E-state index in [1.54, 1.807) is 6.92 Å². The van der Waals surface area contributed by atoms with Crippen molar-refractivity contribution < 1.29 is 14.7 Å². The number of nitrogens with one attached hydrogen (secondary N) is 1. The summed E-state index contributed by atoms with van der Waals surface area (Å²) in [6, 6.07) is 0. The SMILES string of the molecule is CC(=O)NCC1CCN(CC(C)C(=O)O)CC1. The molecule has 1 heterocycles. The van der Waals surface area contributed by atoms with E-state index in [0.29, 0.717) is 12.5 Å². The molecule has 0 aromatic rings. The Morgan fingerprint density at radius 3 is 2.47 bits per heavy atom. The molecule has 1 aliphatic rings. The molecule has 98 valence electrons. The van der Waals surface area contributed by atoms with Gasteiger partial charge in [-0.3, -0.25) is 9.59 Å². The van der Waals surface area contributed by atoms with Crippen molar-refractivity contribution in [1.82, 2.24) is 10.2 Å². The fourth-order valence-corrected chi connectivity index (χ4v) is 2.13. The third kappa shape index (κ3) is 5.17. The second-order valence-electron chi connectivity index (χ2n) is 4.92. The van der Waals surface area contributed by atoms with E-state index < -0.39 is 5.97 Å². The lowest BCUT2D eigenvalue weighted by atomic mass is 9.96. The fourth-order valence-electron chi connectivity index (χ4n) is 2.13. The Morgan fingerprint density at radius 2 is 2.00 bits per heavy atom. The van der Waals surface area contributed by atoms with Crippen LogP contribution in [0.15, 0.2) is 0 Å². The molecule has 1 atom stereocenters. The zero-order chi connectivity index (χ0) is 12.8. The van der Waals surface area contributed by atoms with E-state index in [0.717, 1.165) is 32.5 Å². The number of carbonyl (C=O) groups excluding carboxylic acids is 1. The number of likely N-dealkylation sites (tertiary alicyclic amines) is 1. The van der Waals surface area contributed by atoms with Crippen LogP contribution in [-0.4, -0.2) is 48.1 Å². The first-order valence-corrected chi connectivity index (χ1v) is 6.18. The Morgan fingerprint density at radius 1 is 1.41 bits per heavy atom. The molecule has 5 heteroatoms. The summed E-state index contributed by atoms with van der Waals surface area (Å²) in [6.07, 6.45) is 2.07. The van der Waals surface area contributed by atoms with Gasteiger partial charge in [0.1, 0.15) is 0 Å². The highest BCUT2D eigenvalue weighted by Crippen LogP contribution is 2.17. The highest BCUT2D eigenvalue weighted by Gasteiger charge is 2.22. The standard InChI is InChI=1S/C12H22N2O3/c1-9(12(16)17)8-14-5-3-11(4-6-14)7-13-10(2)15/h9,11H,3-8H2,1-2H3,(H,13,15)(H,16,17). The third-order valence-electron chi connectivity index (χ3n) is 3.30. The summed E-state index contributed by atoms with van der Waals surface area (Å²) in [7, 11) is 0.